The van der Waals surface area contributed by atoms with Gasteiger partial charge >= 0.3 is 0 Å². The molecule has 0 aromatic carbocycles. The Morgan fingerprint density at radius 1 is 1.32 bits per heavy atom. The van der Waals surface area contributed by atoms with Crippen molar-refractivity contribution in [1.82, 2.24) is 15.5 Å². The second-order valence-corrected chi connectivity index (χ2v) is 6.25. The molecule has 3 rings (SSSR count). The van der Waals surface area contributed by atoms with Crippen molar-refractivity contribution in [2.45, 2.75) is 69.6 Å². The Bertz CT molecular complexity index is 403. The number of rotatable bonds is 4. The molecule has 1 atom stereocenters. The summed E-state index contributed by atoms with van der Waals surface area (Å²) in [6.45, 7) is 4.30. The van der Waals surface area contributed by atoms with E-state index in [2.05, 4.69) is 17.4 Å². The molecule has 2 fully saturated rings. The van der Waals surface area contributed by atoms with Gasteiger partial charge in [0.2, 0.25) is 5.89 Å². The van der Waals surface area contributed by atoms with Gasteiger partial charge < -0.3 is 9.84 Å². The fraction of sp³-hybridized carbons (Fsp3) is 0.867. The molecule has 1 aliphatic carbocycles. The van der Waals surface area contributed by atoms with Gasteiger partial charge in [-0.05, 0) is 32.2 Å². The SMILES string of the molecule is CCCC1(c2nc(C3CCCCC3)no2)CCNC1. The number of nitrogens with one attached hydrogen (secondary N) is 1. The van der Waals surface area contributed by atoms with E-state index < -0.39 is 0 Å². The Balaban J connectivity index is 1.79. The maximum Gasteiger partial charge on any atom is 0.234 e. The van der Waals surface area contributed by atoms with Gasteiger partial charge in [0, 0.05) is 12.5 Å². The van der Waals surface area contributed by atoms with Crippen LogP contribution in [0.4, 0.5) is 0 Å². The zero-order valence-electron chi connectivity index (χ0n) is 12.0. The standard InChI is InChI=1S/C15H25N3O/c1-2-8-15(9-10-16-11-15)14-17-13(18-19-14)12-6-4-3-5-7-12/h12,16H,2-11H2,1H3. The smallest absolute Gasteiger partial charge is 0.234 e. The van der Waals surface area contributed by atoms with E-state index in [0.29, 0.717) is 5.92 Å². The molecule has 1 unspecified atom stereocenters. The fourth-order valence-electron chi connectivity index (χ4n) is 3.70. The van der Waals surface area contributed by atoms with E-state index in [0.717, 1.165) is 37.6 Å². The van der Waals surface area contributed by atoms with Crippen LogP contribution in [-0.4, -0.2) is 23.2 Å². The minimum absolute atomic E-state index is 0.106. The summed E-state index contributed by atoms with van der Waals surface area (Å²) in [6, 6.07) is 0. The van der Waals surface area contributed by atoms with E-state index in [-0.39, 0.29) is 5.41 Å². The van der Waals surface area contributed by atoms with E-state index in [4.69, 9.17) is 9.51 Å². The fourth-order valence-corrected chi connectivity index (χ4v) is 3.70. The number of hydrogen-bond acceptors (Lipinski definition) is 4. The molecule has 1 aliphatic heterocycles. The van der Waals surface area contributed by atoms with Crippen LogP contribution in [-0.2, 0) is 5.41 Å². The van der Waals surface area contributed by atoms with Gasteiger partial charge in [-0.3, -0.25) is 0 Å². The van der Waals surface area contributed by atoms with E-state index >= 15 is 0 Å². The summed E-state index contributed by atoms with van der Waals surface area (Å²) in [4.78, 5) is 4.79. The Hall–Kier alpha value is -0.900. The Labute approximate surface area is 115 Å². The molecule has 106 valence electrons. The van der Waals surface area contributed by atoms with Crippen molar-refractivity contribution in [3.63, 3.8) is 0 Å². The molecule has 19 heavy (non-hydrogen) atoms. The maximum atomic E-state index is 5.66. The molecule has 4 nitrogen and oxygen atoms in total. The highest BCUT2D eigenvalue weighted by atomic mass is 16.5. The molecule has 0 amide bonds. The lowest BCUT2D eigenvalue weighted by Gasteiger charge is -2.22. The molecule has 1 aromatic heterocycles. The average molecular weight is 263 g/mol. The summed E-state index contributed by atoms with van der Waals surface area (Å²) < 4.78 is 5.66. The van der Waals surface area contributed by atoms with Gasteiger partial charge in [0.1, 0.15) is 0 Å². The second kappa shape index (κ2) is 5.61. The van der Waals surface area contributed by atoms with Crippen molar-refractivity contribution in [3.8, 4) is 0 Å². The zero-order valence-corrected chi connectivity index (χ0v) is 12.0. The lowest BCUT2D eigenvalue weighted by atomic mass is 9.82. The summed E-state index contributed by atoms with van der Waals surface area (Å²) in [6.07, 6.45) is 9.91. The Morgan fingerprint density at radius 2 is 2.16 bits per heavy atom. The van der Waals surface area contributed by atoms with Crippen LogP contribution in [0, 0.1) is 0 Å². The van der Waals surface area contributed by atoms with Crippen LogP contribution in [0.1, 0.15) is 75.9 Å². The van der Waals surface area contributed by atoms with Crippen molar-refractivity contribution >= 4 is 0 Å². The van der Waals surface area contributed by atoms with Crippen molar-refractivity contribution < 1.29 is 4.52 Å². The molecule has 1 saturated carbocycles. The van der Waals surface area contributed by atoms with E-state index in [1.807, 2.05) is 0 Å². The van der Waals surface area contributed by atoms with Crippen molar-refractivity contribution in [2.75, 3.05) is 13.1 Å². The highest BCUT2D eigenvalue weighted by Gasteiger charge is 2.40. The molecule has 0 spiro atoms. The van der Waals surface area contributed by atoms with Crippen LogP contribution < -0.4 is 5.32 Å². The molecule has 0 bridgehead atoms. The molecule has 1 N–H and O–H groups in total. The van der Waals surface area contributed by atoms with Gasteiger partial charge in [-0.15, -0.1) is 0 Å². The van der Waals surface area contributed by atoms with Crippen LogP contribution in [0.25, 0.3) is 0 Å². The van der Waals surface area contributed by atoms with Crippen molar-refractivity contribution in [3.05, 3.63) is 11.7 Å². The summed E-state index contributed by atoms with van der Waals surface area (Å²) in [7, 11) is 0. The van der Waals surface area contributed by atoms with E-state index in [1.54, 1.807) is 0 Å². The molecule has 1 aromatic rings. The van der Waals surface area contributed by atoms with E-state index in [1.165, 1.54) is 38.5 Å². The first-order valence-electron chi connectivity index (χ1n) is 7.89. The molecular formula is C15H25N3O. The van der Waals surface area contributed by atoms with Gasteiger partial charge in [0.15, 0.2) is 5.82 Å². The largest absolute Gasteiger partial charge is 0.339 e. The first kappa shape index (κ1) is 13.1. The third kappa shape index (κ3) is 2.55. The van der Waals surface area contributed by atoms with Crippen LogP contribution in [0.3, 0.4) is 0 Å². The lowest BCUT2D eigenvalue weighted by Crippen LogP contribution is -2.29. The van der Waals surface area contributed by atoms with Gasteiger partial charge in [-0.25, -0.2) is 0 Å². The highest BCUT2D eigenvalue weighted by molar-refractivity contribution is 5.11. The van der Waals surface area contributed by atoms with Crippen LogP contribution in [0.5, 0.6) is 0 Å². The van der Waals surface area contributed by atoms with Crippen molar-refractivity contribution in [2.24, 2.45) is 0 Å². The molecular weight excluding hydrogens is 238 g/mol. The third-order valence-electron chi connectivity index (χ3n) is 4.84. The monoisotopic (exact) mass is 263 g/mol. The predicted molar refractivity (Wildman–Crippen MR) is 74.2 cm³/mol. The summed E-state index contributed by atoms with van der Waals surface area (Å²) in [5, 5.41) is 7.76. The minimum Gasteiger partial charge on any atom is -0.339 e. The molecule has 4 heteroatoms. The van der Waals surface area contributed by atoms with Gasteiger partial charge in [-0.1, -0.05) is 37.8 Å². The quantitative estimate of drug-likeness (QED) is 0.906. The number of hydrogen-bond donors (Lipinski definition) is 1. The van der Waals surface area contributed by atoms with Gasteiger partial charge in [-0.2, -0.15) is 4.98 Å². The topological polar surface area (TPSA) is 51.0 Å². The van der Waals surface area contributed by atoms with E-state index in [9.17, 15) is 0 Å². The molecule has 2 aliphatic rings. The van der Waals surface area contributed by atoms with Crippen LogP contribution in [0.15, 0.2) is 4.52 Å². The van der Waals surface area contributed by atoms with Crippen molar-refractivity contribution in [1.29, 1.82) is 0 Å². The third-order valence-corrected chi connectivity index (χ3v) is 4.84. The highest BCUT2D eigenvalue weighted by Crippen LogP contribution is 2.36. The second-order valence-electron chi connectivity index (χ2n) is 6.25. The zero-order chi connectivity index (χ0) is 13.1. The summed E-state index contributed by atoms with van der Waals surface area (Å²) in [5.74, 6) is 2.40. The minimum atomic E-state index is 0.106. The first-order valence-corrected chi connectivity index (χ1v) is 7.89. The lowest BCUT2D eigenvalue weighted by molar-refractivity contribution is 0.274. The molecule has 2 heterocycles. The molecule has 1 saturated heterocycles. The summed E-state index contributed by atoms with van der Waals surface area (Å²) >= 11 is 0. The Morgan fingerprint density at radius 3 is 2.84 bits per heavy atom. The van der Waals surface area contributed by atoms with Crippen LogP contribution in [0.2, 0.25) is 0 Å². The molecule has 0 radical (unpaired) electrons. The number of nitrogens with zero attached hydrogens (tertiary/aromatic N) is 2. The maximum absolute atomic E-state index is 5.66. The average Bonchev–Trinajstić information content (AvgIpc) is 3.09. The summed E-state index contributed by atoms with van der Waals surface area (Å²) in [5.41, 5.74) is 0.106. The predicted octanol–water partition coefficient (Wildman–Crippen LogP) is 3.15. The number of aromatic nitrogens is 2. The Kier molecular flexibility index (Phi) is 3.87. The van der Waals surface area contributed by atoms with Crippen LogP contribution >= 0.6 is 0 Å². The van der Waals surface area contributed by atoms with Gasteiger partial charge in [0.05, 0.1) is 5.41 Å². The normalized spacial score (nSPS) is 28.9. The van der Waals surface area contributed by atoms with Gasteiger partial charge in [0.25, 0.3) is 0 Å². The first-order chi connectivity index (χ1) is 9.34.